The zero-order chi connectivity index (χ0) is 13.7. The van der Waals surface area contributed by atoms with Crippen LogP contribution in [0.15, 0.2) is 18.2 Å². The largest absolute Gasteiger partial charge is 0.494 e. The number of nitrogens with two attached hydrogens (primary N) is 1. The van der Waals surface area contributed by atoms with E-state index >= 15 is 0 Å². The molecule has 1 atom stereocenters. The zero-order valence-corrected chi connectivity index (χ0v) is 10.9. The van der Waals surface area contributed by atoms with Crippen LogP contribution in [0.5, 0.6) is 5.75 Å². The van der Waals surface area contributed by atoms with Gasteiger partial charge in [-0.3, -0.25) is 4.79 Å². The minimum absolute atomic E-state index is 0.198. The van der Waals surface area contributed by atoms with E-state index in [0.717, 1.165) is 0 Å². The summed E-state index contributed by atoms with van der Waals surface area (Å²) in [6.45, 7) is 3.91. The number of nitrogens with one attached hydrogen (secondary N) is 1. The molecule has 0 bridgehead atoms. The summed E-state index contributed by atoms with van der Waals surface area (Å²) in [6, 6.07) is 3.75. The molecule has 1 aromatic rings. The van der Waals surface area contributed by atoms with Crippen LogP contribution in [0.4, 0.5) is 10.1 Å². The summed E-state index contributed by atoms with van der Waals surface area (Å²) in [5, 5.41) is 2.66. The van der Waals surface area contributed by atoms with Gasteiger partial charge in [-0.1, -0.05) is 13.8 Å². The van der Waals surface area contributed by atoms with Crippen molar-refractivity contribution in [2.24, 2.45) is 11.7 Å². The monoisotopic (exact) mass is 254 g/mol. The molecular formula is C13H19FN2O2. The molecule has 0 spiro atoms. The Labute approximate surface area is 106 Å². The minimum atomic E-state index is -0.413. The lowest BCUT2D eigenvalue weighted by Crippen LogP contribution is -2.31. The highest BCUT2D eigenvalue weighted by atomic mass is 19.1. The standard InChI is InChI=1S/C13H19FN2O2/c1-8(2)10(15)7-13(17)16-11-5-4-9(14)6-12(11)18-3/h4-6,8,10H,7,15H2,1-3H3,(H,16,17). The van der Waals surface area contributed by atoms with Gasteiger partial charge in [-0.25, -0.2) is 4.39 Å². The Morgan fingerprint density at radius 3 is 2.72 bits per heavy atom. The van der Waals surface area contributed by atoms with Gasteiger partial charge < -0.3 is 15.8 Å². The first-order valence-electron chi connectivity index (χ1n) is 5.83. The van der Waals surface area contributed by atoms with Crippen LogP contribution in [-0.4, -0.2) is 19.1 Å². The lowest BCUT2D eigenvalue weighted by Gasteiger charge is -2.16. The topological polar surface area (TPSA) is 64.3 Å². The highest BCUT2D eigenvalue weighted by Crippen LogP contribution is 2.25. The van der Waals surface area contributed by atoms with Crippen molar-refractivity contribution in [1.82, 2.24) is 0 Å². The van der Waals surface area contributed by atoms with Gasteiger partial charge in [0.05, 0.1) is 12.8 Å². The lowest BCUT2D eigenvalue weighted by molar-refractivity contribution is -0.116. The normalized spacial score (nSPS) is 12.3. The highest BCUT2D eigenvalue weighted by Gasteiger charge is 2.14. The maximum Gasteiger partial charge on any atom is 0.226 e. The predicted octanol–water partition coefficient (Wildman–Crippen LogP) is 2.15. The third-order valence-corrected chi connectivity index (χ3v) is 2.72. The molecule has 0 heterocycles. The second kappa shape index (κ2) is 6.35. The van der Waals surface area contributed by atoms with Crippen molar-refractivity contribution < 1.29 is 13.9 Å². The number of carbonyl (C=O) groups excluding carboxylic acids is 1. The van der Waals surface area contributed by atoms with Gasteiger partial charge >= 0.3 is 0 Å². The van der Waals surface area contributed by atoms with Crippen LogP contribution < -0.4 is 15.8 Å². The Morgan fingerprint density at radius 1 is 1.50 bits per heavy atom. The molecule has 0 aliphatic rings. The summed E-state index contributed by atoms with van der Waals surface area (Å²) in [4.78, 5) is 11.7. The third-order valence-electron chi connectivity index (χ3n) is 2.72. The van der Waals surface area contributed by atoms with E-state index in [1.807, 2.05) is 13.8 Å². The van der Waals surface area contributed by atoms with E-state index in [4.69, 9.17) is 10.5 Å². The first kappa shape index (κ1) is 14.4. The van der Waals surface area contributed by atoms with Gasteiger partial charge in [0.25, 0.3) is 0 Å². The van der Waals surface area contributed by atoms with Crippen LogP contribution >= 0.6 is 0 Å². The van der Waals surface area contributed by atoms with Crippen LogP contribution in [-0.2, 0) is 4.79 Å². The average Bonchev–Trinajstić information content (AvgIpc) is 2.31. The molecule has 0 saturated heterocycles. The number of amides is 1. The molecule has 1 aromatic carbocycles. The van der Waals surface area contributed by atoms with Crippen molar-refractivity contribution in [2.75, 3.05) is 12.4 Å². The number of anilines is 1. The number of rotatable bonds is 5. The first-order chi connectivity index (χ1) is 8.43. The number of benzene rings is 1. The van der Waals surface area contributed by atoms with Crippen LogP contribution in [0, 0.1) is 11.7 Å². The van der Waals surface area contributed by atoms with E-state index in [2.05, 4.69) is 5.32 Å². The molecule has 0 saturated carbocycles. The number of halogens is 1. The van der Waals surface area contributed by atoms with Gasteiger partial charge in [0.1, 0.15) is 11.6 Å². The Bertz CT molecular complexity index is 421. The molecule has 1 amide bonds. The number of ether oxygens (including phenoxy) is 1. The molecule has 0 radical (unpaired) electrons. The molecule has 0 aliphatic heterocycles. The minimum Gasteiger partial charge on any atom is -0.494 e. The average molecular weight is 254 g/mol. The highest BCUT2D eigenvalue weighted by molar-refractivity contribution is 5.92. The van der Waals surface area contributed by atoms with Crippen molar-refractivity contribution in [3.8, 4) is 5.75 Å². The summed E-state index contributed by atoms with van der Waals surface area (Å²) in [6.07, 6.45) is 0.220. The second-order valence-electron chi connectivity index (χ2n) is 4.50. The number of hydrogen-bond donors (Lipinski definition) is 2. The molecule has 0 aromatic heterocycles. The Morgan fingerprint density at radius 2 is 2.17 bits per heavy atom. The first-order valence-corrected chi connectivity index (χ1v) is 5.83. The van der Waals surface area contributed by atoms with Gasteiger partial charge in [0.2, 0.25) is 5.91 Å². The number of carbonyl (C=O) groups is 1. The van der Waals surface area contributed by atoms with Crippen molar-refractivity contribution in [3.05, 3.63) is 24.0 Å². The maximum absolute atomic E-state index is 13.0. The maximum atomic E-state index is 13.0. The lowest BCUT2D eigenvalue weighted by atomic mass is 10.0. The van der Waals surface area contributed by atoms with Crippen LogP contribution in [0.2, 0.25) is 0 Å². The molecule has 5 heteroatoms. The molecule has 1 unspecified atom stereocenters. The smallest absolute Gasteiger partial charge is 0.226 e. The zero-order valence-electron chi connectivity index (χ0n) is 10.9. The molecular weight excluding hydrogens is 235 g/mol. The van der Waals surface area contributed by atoms with Crippen molar-refractivity contribution >= 4 is 11.6 Å². The van der Waals surface area contributed by atoms with Gasteiger partial charge in [0.15, 0.2) is 0 Å². The van der Waals surface area contributed by atoms with Gasteiger partial charge in [-0.05, 0) is 18.1 Å². The molecule has 18 heavy (non-hydrogen) atoms. The Balaban J connectivity index is 2.70. The molecule has 0 aliphatic carbocycles. The molecule has 4 nitrogen and oxygen atoms in total. The van der Waals surface area contributed by atoms with Gasteiger partial charge in [-0.2, -0.15) is 0 Å². The summed E-state index contributed by atoms with van der Waals surface area (Å²) < 4.78 is 18.0. The van der Waals surface area contributed by atoms with Crippen molar-refractivity contribution in [3.63, 3.8) is 0 Å². The van der Waals surface area contributed by atoms with Gasteiger partial charge in [0, 0.05) is 18.5 Å². The second-order valence-corrected chi connectivity index (χ2v) is 4.50. The Hall–Kier alpha value is -1.62. The van der Waals surface area contributed by atoms with E-state index in [-0.39, 0.29) is 24.3 Å². The SMILES string of the molecule is COc1cc(F)ccc1NC(=O)CC(N)C(C)C. The Kier molecular flexibility index (Phi) is 5.09. The predicted molar refractivity (Wildman–Crippen MR) is 69.0 cm³/mol. The molecule has 0 fully saturated rings. The quantitative estimate of drug-likeness (QED) is 0.846. The summed E-state index contributed by atoms with van der Waals surface area (Å²) in [5.74, 6) is -0.0998. The van der Waals surface area contributed by atoms with E-state index in [9.17, 15) is 9.18 Å². The number of hydrogen-bond acceptors (Lipinski definition) is 3. The van der Waals surface area contributed by atoms with Crippen molar-refractivity contribution in [1.29, 1.82) is 0 Å². The van der Waals surface area contributed by atoms with Gasteiger partial charge in [-0.15, -0.1) is 0 Å². The summed E-state index contributed by atoms with van der Waals surface area (Å²) in [7, 11) is 1.42. The fourth-order valence-electron chi connectivity index (χ4n) is 1.42. The molecule has 100 valence electrons. The van der Waals surface area contributed by atoms with Crippen LogP contribution in [0.1, 0.15) is 20.3 Å². The van der Waals surface area contributed by atoms with Crippen LogP contribution in [0.3, 0.4) is 0 Å². The van der Waals surface area contributed by atoms with Crippen LogP contribution in [0.25, 0.3) is 0 Å². The number of methoxy groups -OCH3 is 1. The van der Waals surface area contributed by atoms with E-state index in [1.165, 1.54) is 25.3 Å². The molecule has 1 rings (SSSR count). The van der Waals surface area contributed by atoms with E-state index in [1.54, 1.807) is 0 Å². The van der Waals surface area contributed by atoms with E-state index in [0.29, 0.717) is 11.4 Å². The fraction of sp³-hybridized carbons (Fsp3) is 0.462. The van der Waals surface area contributed by atoms with E-state index < -0.39 is 5.82 Å². The summed E-state index contributed by atoms with van der Waals surface area (Å²) >= 11 is 0. The fourth-order valence-corrected chi connectivity index (χ4v) is 1.42. The summed E-state index contributed by atoms with van der Waals surface area (Å²) in [5.41, 5.74) is 6.26. The third kappa shape index (κ3) is 4.00. The van der Waals surface area contributed by atoms with Crippen molar-refractivity contribution in [2.45, 2.75) is 26.3 Å². The molecule has 3 N–H and O–H groups in total.